The first-order chi connectivity index (χ1) is 10.7. The summed E-state index contributed by atoms with van der Waals surface area (Å²) in [5.41, 5.74) is 2.65. The zero-order chi connectivity index (χ0) is 15.1. The lowest BCUT2D eigenvalue weighted by Crippen LogP contribution is -2.15. The summed E-state index contributed by atoms with van der Waals surface area (Å²) in [4.78, 5) is 11.7. The Morgan fingerprint density at radius 3 is 2.91 bits per heavy atom. The summed E-state index contributed by atoms with van der Waals surface area (Å²) >= 11 is 0. The lowest BCUT2D eigenvalue weighted by atomic mass is 10.1. The Hall–Kier alpha value is -2.40. The maximum absolute atomic E-state index is 9.82. The van der Waals surface area contributed by atoms with Gasteiger partial charge in [0.25, 0.3) is 0 Å². The molecule has 1 aliphatic rings. The Bertz CT molecular complexity index is 826. The molecule has 1 saturated heterocycles. The van der Waals surface area contributed by atoms with E-state index in [1.807, 2.05) is 24.3 Å². The van der Waals surface area contributed by atoms with Crippen molar-refractivity contribution >= 4 is 11.2 Å². The Balaban J connectivity index is 1.94. The number of hydrogen-bond acceptors (Lipinski definition) is 4. The number of imidazole rings is 1. The molecule has 1 aliphatic heterocycles. The van der Waals surface area contributed by atoms with E-state index < -0.39 is 0 Å². The van der Waals surface area contributed by atoms with Crippen LogP contribution >= 0.6 is 0 Å². The number of hydrogen-bond donors (Lipinski definition) is 1. The van der Waals surface area contributed by atoms with E-state index in [2.05, 4.69) is 21.5 Å². The number of likely N-dealkylation sites (tertiary alicyclic amines) is 1. The van der Waals surface area contributed by atoms with Crippen LogP contribution in [0.1, 0.15) is 18.2 Å². The maximum atomic E-state index is 9.82. The van der Waals surface area contributed by atoms with Gasteiger partial charge >= 0.3 is 0 Å². The molecule has 1 unspecified atom stereocenters. The molecule has 3 heterocycles. The van der Waals surface area contributed by atoms with Crippen LogP contribution in [0, 0.1) is 0 Å². The van der Waals surface area contributed by atoms with Crippen LogP contribution in [-0.2, 0) is 0 Å². The number of benzene rings is 1. The third-order valence-electron chi connectivity index (χ3n) is 4.29. The average Bonchev–Trinajstić information content (AvgIpc) is 3.10. The van der Waals surface area contributed by atoms with Crippen LogP contribution in [0.4, 0.5) is 0 Å². The lowest BCUT2D eigenvalue weighted by Gasteiger charge is -2.14. The molecule has 0 bridgehead atoms. The third-order valence-corrected chi connectivity index (χ3v) is 4.29. The summed E-state index contributed by atoms with van der Waals surface area (Å²) in [6, 6.07) is 11.2. The quantitative estimate of drug-likeness (QED) is 0.789. The van der Waals surface area contributed by atoms with E-state index in [0.717, 1.165) is 42.2 Å². The Kier molecular flexibility index (Phi) is 3.08. The van der Waals surface area contributed by atoms with Gasteiger partial charge in [-0.05, 0) is 44.3 Å². The minimum Gasteiger partial charge on any atom is -0.508 e. The fraction of sp³-hybridized carbons (Fsp3) is 0.294. The molecule has 1 fully saturated rings. The molecular formula is C17H18N4O. The van der Waals surface area contributed by atoms with Crippen LogP contribution in [0.2, 0.25) is 0 Å². The van der Waals surface area contributed by atoms with Gasteiger partial charge in [-0.15, -0.1) is 0 Å². The van der Waals surface area contributed by atoms with Crippen LogP contribution in [0.15, 0.2) is 42.6 Å². The standard InChI is InChI=1S/C17H18N4O/c1-20-9-7-12(11-20)16-19-15-6-3-8-18-17(15)21(16)13-4-2-5-14(22)10-13/h2-6,8,10,12,22H,7,9,11H2,1H3. The smallest absolute Gasteiger partial charge is 0.164 e. The molecule has 0 spiro atoms. The third kappa shape index (κ3) is 2.14. The van der Waals surface area contributed by atoms with Crippen molar-refractivity contribution in [3.05, 3.63) is 48.4 Å². The molecule has 22 heavy (non-hydrogen) atoms. The van der Waals surface area contributed by atoms with E-state index in [1.54, 1.807) is 18.3 Å². The molecule has 2 aromatic heterocycles. The zero-order valence-corrected chi connectivity index (χ0v) is 12.5. The SMILES string of the molecule is CN1CCC(c2nc3cccnc3n2-c2cccc(O)c2)C1. The number of phenols is 1. The van der Waals surface area contributed by atoms with Gasteiger partial charge in [0, 0.05) is 24.7 Å². The molecule has 0 radical (unpaired) electrons. The Labute approximate surface area is 128 Å². The molecular weight excluding hydrogens is 276 g/mol. The van der Waals surface area contributed by atoms with Crippen LogP contribution < -0.4 is 0 Å². The van der Waals surface area contributed by atoms with E-state index >= 15 is 0 Å². The first kappa shape index (κ1) is 13.3. The van der Waals surface area contributed by atoms with E-state index in [-0.39, 0.29) is 5.75 Å². The van der Waals surface area contributed by atoms with Crippen molar-refractivity contribution in [2.75, 3.05) is 20.1 Å². The van der Waals surface area contributed by atoms with Gasteiger partial charge in [0.2, 0.25) is 0 Å². The molecule has 3 aromatic rings. The van der Waals surface area contributed by atoms with Crippen LogP contribution in [0.25, 0.3) is 16.9 Å². The number of fused-ring (bicyclic) bond motifs is 1. The van der Waals surface area contributed by atoms with Crippen molar-refractivity contribution in [2.24, 2.45) is 0 Å². The summed E-state index contributed by atoms with van der Waals surface area (Å²) in [7, 11) is 2.14. The van der Waals surface area contributed by atoms with Gasteiger partial charge in [-0.2, -0.15) is 0 Å². The van der Waals surface area contributed by atoms with Gasteiger partial charge in [-0.25, -0.2) is 9.97 Å². The van der Waals surface area contributed by atoms with Gasteiger partial charge in [-0.1, -0.05) is 6.07 Å². The van der Waals surface area contributed by atoms with Crippen LogP contribution in [0.5, 0.6) is 5.75 Å². The van der Waals surface area contributed by atoms with Crippen molar-refractivity contribution < 1.29 is 5.11 Å². The second-order valence-electron chi connectivity index (χ2n) is 5.92. The van der Waals surface area contributed by atoms with Crippen molar-refractivity contribution in [3.8, 4) is 11.4 Å². The van der Waals surface area contributed by atoms with Gasteiger partial charge in [-0.3, -0.25) is 4.57 Å². The molecule has 1 N–H and O–H groups in total. The van der Waals surface area contributed by atoms with Gasteiger partial charge in [0.05, 0.1) is 5.69 Å². The van der Waals surface area contributed by atoms with Crippen molar-refractivity contribution in [1.29, 1.82) is 0 Å². The number of rotatable bonds is 2. The van der Waals surface area contributed by atoms with Crippen molar-refractivity contribution in [3.63, 3.8) is 0 Å². The molecule has 1 atom stereocenters. The average molecular weight is 294 g/mol. The number of aromatic hydroxyl groups is 1. The number of aromatic nitrogens is 3. The summed E-state index contributed by atoms with van der Waals surface area (Å²) in [5, 5.41) is 9.82. The van der Waals surface area contributed by atoms with Crippen molar-refractivity contribution in [1.82, 2.24) is 19.4 Å². The Morgan fingerprint density at radius 2 is 2.14 bits per heavy atom. The summed E-state index contributed by atoms with van der Waals surface area (Å²) in [6.45, 7) is 2.09. The second kappa shape index (κ2) is 5.10. The number of pyridine rings is 1. The van der Waals surface area contributed by atoms with Crippen molar-refractivity contribution in [2.45, 2.75) is 12.3 Å². The van der Waals surface area contributed by atoms with E-state index in [1.165, 1.54) is 0 Å². The first-order valence-electron chi connectivity index (χ1n) is 7.53. The molecule has 0 saturated carbocycles. The molecule has 1 aromatic carbocycles. The molecule has 0 aliphatic carbocycles. The van der Waals surface area contributed by atoms with E-state index in [9.17, 15) is 5.11 Å². The second-order valence-corrected chi connectivity index (χ2v) is 5.92. The van der Waals surface area contributed by atoms with Gasteiger partial charge in [0.1, 0.15) is 17.1 Å². The predicted molar refractivity (Wildman–Crippen MR) is 85.4 cm³/mol. The highest BCUT2D eigenvalue weighted by molar-refractivity contribution is 5.74. The molecule has 4 rings (SSSR count). The molecule has 5 heteroatoms. The largest absolute Gasteiger partial charge is 0.508 e. The van der Waals surface area contributed by atoms with Gasteiger partial charge < -0.3 is 10.0 Å². The number of nitrogens with zero attached hydrogens (tertiary/aromatic N) is 4. The highest BCUT2D eigenvalue weighted by Crippen LogP contribution is 2.31. The monoisotopic (exact) mass is 294 g/mol. The molecule has 5 nitrogen and oxygen atoms in total. The summed E-state index contributed by atoms with van der Waals surface area (Å²) < 4.78 is 2.08. The minimum absolute atomic E-state index is 0.254. The highest BCUT2D eigenvalue weighted by atomic mass is 16.3. The fourth-order valence-electron chi connectivity index (χ4n) is 3.24. The lowest BCUT2D eigenvalue weighted by molar-refractivity contribution is 0.409. The normalized spacial score (nSPS) is 19.0. The van der Waals surface area contributed by atoms with Crippen LogP contribution in [0.3, 0.4) is 0 Å². The summed E-state index contributed by atoms with van der Waals surface area (Å²) in [6.07, 6.45) is 2.88. The first-order valence-corrected chi connectivity index (χ1v) is 7.53. The van der Waals surface area contributed by atoms with Crippen LogP contribution in [-0.4, -0.2) is 44.7 Å². The molecule has 0 amide bonds. The zero-order valence-electron chi connectivity index (χ0n) is 12.5. The summed E-state index contributed by atoms with van der Waals surface area (Å²) in [5.74, 6) is 1.68. The van der Waals surface area contributed by atoms with E-state index in [0.29, 0.717) is 5.92 Å². The molecule has 112 valence electrons. The number of phenolic OH excluding ortho intramolecular Hbond substituents is 1. The minimum atomic E-state index is 0.254. The highest BCUT2D eigenvalue weighted by Gasteiger charge is 2.27. The topological polar surface area (TPSA) is 54.2 Å². The Morgan fingerprint density at radius 1 is 1.23 bits per heavy atom. The fourth-order valence-corrected chi connectivity index (χ4v) is 3.24. The van der Waals surface area contributed by atoms with E-state index in [4.69, 9.17) is 4.98 Å². The number of likely N-dealkylation sites (N-methyl/N-ethyl adjacent to an activating group) is 1. The van der Waals surface area contributed by atoms with Gasteiger partial charge in [0.15, 0.2) is 5.65 Å². The predicted octanol–water partition coefficient (Wildman–Crippen LogP) is 2.55. The maximum Gasteiger partial charge on any atom is 0.164 e.